The lowest BCUT2D eigenvalue weighted by molar-refractivity contribution is -0.132. The van der Waals surface area contributed by atoms with E-state index < -0.39 is 0 Å². The molecule has 0 spiro atoms. The van der Waals surface area contributed by atoms with Crippen molar-refractivity contribution in [3.8, 4) is 0 Å². The number of amides is 1. The maximum Gasteiger partial charge on any atom is 0.224 e. The number of aliphatic hydroxyl groups excluding tert-OH is 1. The van der Waals surface area contributed by atoms with E-state index in [9.17, 15) is 9.18 Å². The molecule has 23 heavy (non-hydrogen) atoms. The van der Waals surface area contributed by atoms with Crippen molar-refractivity contribution in [2.45, 2.75) is 39.3 Å². The van der Waals surface area contributed by atoms with E-state index in [1.807, 2.05) is 17.0 Å². The number of benzene rings is 1. The van der Waals surface area contributed by atoms with Crippen LogP contribution in [-0.4, -0.2) is 53.1 Å². The maximum absolute atomic E-state index is 13.1. The van der Waals surface area contributed by atoms with Crippen LogP contribution in [0, 0.1) is 11.7 Å². The Hall–Kier alpha value is -1.46. The number of rotatable bonds is 5. The van der Waals surface area contributed by atoms with Gasteiger partial charge in [0.2, 0.25) is 5.91 Å². The van der Waals surface area contributed by atoms with Gasteiger partial charge in [-0.25, -0.2) is 4.39 Å². The van der Waals surface area contributed by atoms with Gasteiger partial charge in [0, 0.05) is 38.6 Å². The molecule has 1 amide bonds. The fourth-order valence-electron chi connectivity index (χ4n) is 3.20. The van der Waals surface area contributed by atoms with Crippen molar-refractivity contribution < 1.29 is 14.3 Å². The van der Waals surface area contributed by atoms with Crippen molar-refractivity contribution in [1.29, 1.82) is 0 Å². The van der Waals surface area contributed by atoms with Gasteiger partial charge >= 0.3 is 0 Å². The normalized spacial score (nSPS) is 19.9. The largest absolute Gasteiger partial charge is 0.396 e. The van der Waals surface area contributed by atoms with Crippen molar-refractivity contribution in [1.82, 2.24) is 9.80 Å². The summed E-state index contributed by atoms with van der Waals surface area (Å²) in [5.74, 6) is 0.227. The minimum absolute atomic E-state index is 0.0294. The third kappa shape index (κ3) is 5.01. The molecule has 1 aliphatic rings. The van der Waals surface area contributed by atoms with Crippen molar-refractivity contribution in [3.05, 3.63) is 35.6 Å². The van der Waals surface area contributed by atoms with Gasteiger partial charge in [-0.1, -0.05) is 26.0 Å². The summed E-state index contributed by atoms with van der Waals surface area (Å²) in [5.41, 5.74) is 1.09. The Balaban J connectivity index is 2.09. The van der Waals surface area contributed by atoms with Crippen LogP contribution < -0.4 is 0 Å². The number of hydrogen-bond donors (Lipinski definition) is 1. The monoisotopic (exact) mass is 322 g/mol. The van der Waals surface area contributed by atoms with Crippen LogP contribution in [0.1, 0.15) is 32.3 Å². The second kappa shape index (κ2) is 8.41. The van der Waals surface area contributed by atoms with E-state index in [1.54, 1.807) is 0 Å². The molecule has 0 saturated carbocycles. The molecule has 1 aromatic carbocycles. The van der Waals surface area contributed by atoms with Gasteiger partial charge in [-0.15, -0.1) is 0 Å². The van der Waals surface area contributed by atoms with Crippen molar-refractivity contribution >= 4 is 5.91 Å². The third-order valence-corrected chi connectivity index (χ3v) is 4.50. The predicted molar refractivity (Wildman–Crippen MR) is 88.3 cm³/mol. The van der Waals surface area contributed by atoms with E-state index in [4.69, 9.17) is 5.11 Å². The van der Waals surface area contributed by atoms with Gasteiger partial charge in [0.25, 0.3) is 0 Å². The number of hydrogen-bond acceptors (Lipinski definition) is 3. The summed E-state index contributed by atoms with van der Waals surface area (Å²) in [4.78, 5) is 16.4. The van der Waals surface area contributed by atoms with Gasteiger partial charge in [-0.05, 0) is 30.0 Å². The highest BCUT2D eigenvalue weighted by atomic mass is 19.1. The summed E-state index contributed by atoms with van der Waals surface area (Å²) < 4.78 is 13.1. The standard InChI is InChI=1S/C18H27FN2O2/c1-14(2)17-13-21(18(23)8-11-22)10-3-9-20(17)12-15-4-6-16(19)7-5-15/h4-7,14,17,22H,3,8-13H2,1-2H3/t17-/m0/s1. The van der Waals surface area contributed by atoms with Crippen LogP contribution in [-0.2, 0) is 11.3 Å². The van der Waals surface area contributed by atoms with Crippen molar-refractivity contribution in [3.63, 3.8) is 0 Å². The fourth-order valence-corrected chi connectivity index (χ4v) is 3.20. The summed E-state index contributed by atoms with van der Waals surface area (Å²) in [5, 5.41) is 8.99. The average molecular weight is 322 g/mol. The molecule has 0 radical (unpaired) electrons. The van der Waals surface area contributed by atoms with E-state index in [-0.39, 0.29) is 30.8 Å². The molecule has 1 heterocycles. The van der Waals surface area contributed by atoms with Crippen LogP contribution in [0.4, 0.5) is 4.39 Å². The molecule has 0 aliphatic carbocycles. The third-order valence-electron chi connectivity index (χ3n) is 4.50. The molecule has 1 fully saturated rings. The first-order chi connectivity index (χ1) is 11.0. The quantitative estimate of drug-likeness (QED) is 0.904. The Morgan fingerprint density at radius 1 is 1.30 bits per heavy atom. The van der Waals surface area contributed by atoms with Gasteiger partial charge in [0.1, 0.15) is 5.82 Å². The van der Waals surface area contributed by atoms with Gasteiger partial charge in [-0.3, -0.25) is 9.69 Å². The van der Waals surface area contributed by atoms with E-state index in [0.29, 0.717) is 12.5 Å². The summed E-state index contributed by atoms with van der Waals surface area (Å²) in [6, 6.07) is 6.91. The molecule has 1 atom stereocenters. The van der Waals surface area contributed by atoms with Gasteiger partial charge < -0.3 is 10.0 Å². The van der Waals surface area contributed by atoms with Crippen LogP contribution in [0.3, 0.4) is 0 Å². The zero-order valence-corrected chi connectivity index (χ0v) is 14.0. The molecular formula is C18H27FN2O2. The zero-order valence-electron chi connectivity index (χ0n) is 14.0. The molecule has 0 aromatic heterocycles. The molecule has 5 heteroatoms. The van der Waals surface area contributed by atoms with E-state index >= 15 is 0 Å². The summed E-state index contributed by atoms with van der Waals surface area (Å²) in [6.45, 7) is 7.36. The lowest BCUT2D eigenvalue weighted by Crippen LogP contribution is -2.45. The number of carbonyl (C=O) groups is 1. The van der Waals surface area contributed by atoms with Crippen molar-refractivity contribution in [2.75, 3.05) is 26.2 Å². The molecular weight excluding hydrogens is 295 g/mol. The lowest BCUT2D eigenvalue weighted by atomic mass is 10.0. The fraction of sp³-hybridized carbons (Fsp3) is 0.611. The van der Waals surface area contributed by atoms with E-state index in [2.05, 4.69) is 18.7 Å². The zero-order chi connectivity index (χ0) is 16.8. The van der Waals surface area contributed by atoms with E-state index in [0.717, 1.165) is 31.6 Å². The average Bonchev–Trinajstić information content (AvgIpc) is 2.72. The second-order valence-corrected chi connectivity index (χ2v) is 6.58. The van der Waals surface area contributed by atoms with Crippen LogP contribution in [0.5, 0.6) is 0 Å². The number of nitrogens with zero attached hydrogens (tertiary/aromatic N) is 2. The molecule has 1 aromatic rings. The Morgan fingerprint density at radius 3 is 2.61 bits per heavy atom. The number of aliphatic hydroxyl groups is 1. The predicted octanol–water partition coefficient (Wildman–Crippen LogP) is 2.27. The molecule has 1 aliphatic heterocycles. The molecule has 1 N–H and O–H groups in total. The SMILES string of the molecule is CC(C)[C@@H]1CN(C(=O)CCO)CCCN1Cc1ccc(F)cc1. The van der Waals surface area contributed by atoms with Gasteiger partial charge in [-0.2, -0.15) is 0 Å². The Morgan fingerprint density at radius 2 is 2.00 bits per heavy atom. The molecule has 0 unspecified atom stereocenters. The van der Waals surface area contributed by atoms with Crippen LogP contribution >= 0.6 is 0 Å². The topological polar surface area (TPSA) is 43.8 Å². The summed E-state index contributed by atoms with van der Waals surface area (Å²) in [7, 11) is 0. The second-order valence-electron chi connectivity index (χ2n) is 6.58. The Kier molecular flexibility index (Phi) is 6.54. The first kappa shape index (κ1) is 17.9. The highest BCUT2D eigenvalue weighted by molar-refractivity contribution is 5.76. The van der Waals surface area contributed by atoms with E-state index in [1.165, 1.54) is 12.1 Å². The van der Waals surface area contributed by atoms with Gasteiger partial charge in [0.15, 0.2) is 0 Å². The summed E-state index contributed by atoms with van der Waals surface area (Å²) >= 11 is 0. The number of carbonyl (C=O) groups excluding carboxylic acids is 1. The molecule has 128 valence electrons. The molecule has 0 bridgehead atoms. The summed E-state index contributed by atoms with van der Waals surface area (Å²) in [6.07, 6.45) is 1.12. The van der Waals surface area contributed by atoms with Gasteiger partial charge in [0.05, 0.1) is 6.61 Å². The maximum atomic E-state index is 13.1. The minimum Gasteiger partial charge on any atom is -0.396 e. The highest BCUT2D eigenvalue weighted by Gasteiger charge is 2.29. The van der Waals surface area contributed by atoms with Crippen LogP contribution in [0.2, 0.25) is 0 Å². The minimum atomic E-state index is -0.217. The highest BCUT2D eigenvalue weighted by Crippen LogP contribution is 2.20. The molecule has 1 saturated heterocycles. The van der Waals surface area contributed by atoms with Crippen LogP contribution in [0.25, 0.3) is 0 Å². The Labute approximate surface area is 137 Å². The molecule has 4 nitrogen and oxygen atoms in total. The van der Waals surface area contributed by atoms with Crippen LogP contribution in [0.15, 0.2) is 24.3 Å². The first-order valence-corrected chi connectivity index (χ1v) is 8.38. The molecule has 2 rings (SSSR count). The number of halogens is 1. The smallest absolute Gasteiger partial charge is 0.224 e. The lowest BCUT2D eigenvalue weighted by Gasteiger charge is -2.34. The Bertz CT molecular complexity index is 504. The van der Waals surface area contributed by atoms with Crippen molar-refractivity contribution in [2.24, 2.45) is 5.92 Å². The first-order valence-electron chi connectivity index (χ1n) is 8.38.